The van der Waals surface area contributed by atoms with E-state index in [0.29, 0.717) is 12.1 Å². The van der Waals surface area contributed by atoms with Gasteiger partial charge in [-0.15, -0.1) is 0 Å². The molecule has 174 valence electrons. The number of carboxylic acid groups (broad SMARTS) is 1. The first-order valence-corrected chi connectivity index (χ1v) is 11.9. The van der Waals surface area contributed by atoms with E-state index in [1.807, 2.05) is 72.2 Å². The minimum atomic E-state index is -0.961. The number of aliphatic carboxylic acids is 1. The summed E-state index contributed by atoms with van der Waals surface area (Å²) in [5, 5.41) is 9.10. The van der Waals surface area contributed by atoms with Crippen molar-refractivity contribution in [3.05, 3.63) is 65.2 Å². The Morgan fingerprint density at radius 2 is 1.76 bits per heavy atom. The van der Waals surface area contributed by atoms with E-state index >= 15 is 0 Å². The lowest BCUT2D eigenvalue weighted by Gasteiger charge is -2.47. The van der Waals surface area contributed by atoms with Gasteiger partial charge in [-0.2, -0.15) is 0 Å². The molecule has 1 saturated carbocycles. The van der Waals surface area contributed by atoms with E-state index in [2.05, 4.69) is 0 Å². The highest BCUT2D eigenvalue weighted by molar-refractivity contribution is 6.07. The van der Waals surface area contributed by atoms with Crippen molar-refractivity contribution in [2.45, 2.75) is 64.5 Å². The average molecular weight is 449 g/mol. The molecular formula is C27H32N2O4. The summed E-state index contributed by atoms with van der Waals surface area (Å²) in [6.07, 6.45) is 3.46. The summed E-state index contributed by atoms with van der Waals surface area (Å²) in [5.74, 6) is -0.952. The van der Waals surface area contributed by atoms with E-state index in [1.54, 1.807) is 0 Å². The fourth-order valence-electron chi connectivity index (χ4n) is 5.54. The third kappa shape index (κ3) is 4.52. The first kappa shape index (κ1) is 23.0. The molecule has 0 saturated heterocycles. The van der Waals surface area contributed by atoms with Crippen LogP contribution in [0.4, 0.5) is 5.69 Å². The maximum atomic E-state index is 13.7. The highest BCUT2D eigenvalue weighted by Gasteiger charge is 2.48. The number of fused-ring (bicyclic) bond motifs is 2. The van der Waals surface area contributed by atoms with Gasteiger partial charge in [0.1, 0.15) is 0 Å². The molecule has 6 heteroatoms. The standard InChI is InChI=1S/C27H32N2O4/c1-3-17-28(24(30)15-16-25(31)32)26-20-7-4-5-9-22(20)29(23-10-6-8-21(23)26)27(33)19-13-11-18(2)12-14-19/h4-5,7,9,11-14,21,23,26H,3,6,8,10,15-17H2,1-2H3,(H,31,32). The summed E-state index contributed by atoms with van der Waals surface area (Å²) < 4.78 is 0. The van der Waals surface area contributed by atoms with E-state index < -0.39 is 5.97 Å². The number of carboxylic acids is 1. The monoisotopic (exact) mass is 448 g/mol. The number of aryl methyl sites for hydroxylation is 1. The van der Waals surface area contributed by atoms with E-state index in [1.165, 1.54) is 0 Å². The lowest BCUT2D eigenvalue weighted by atomic mass is 9.81. The van der Waals surface area contributed by atoms with Crippen molar-refractivity contribution in [1.82, 2.24) is 4.90 Å². The van der Waals surface area contributed by atoms with E-state index in [0.717, 1.165) is 42.5 Å². The molecular weight excluding hydrogens is 416 g/mol. The van der Waals surface area contributed by atoms with Crippen molar-refractivity contribution in [3.8, 4) is 0 Å². The Bertz CT molecular complexity index is 1030. The second-order valence-electron chi connectivity index (χ2n) is 9.19. The zero-order chi connectivity index (χ0) is 23.5. The molecule has 1 N–H and O–H groups in total. The Morgan fingerprint density at radius 1 is 1.03 bits per heavy atom. The fourth-order valence-corrected chi connectivity index (χ4v) is 5.54. The molecule has 1 fully saturated rings. The Kier molecular flexibility index (Phi) is 6.82. The number of carbonyl (C=O) groups excluding carboxylic acids is 2. The van der Waals surface area contributed by atoms with Gasteiger partial charge in [-0.3, -0.25) is 14.4 Å². The Morgan fingerprint density at radius 3 is 2.45 bits per heavy atom. The Labute approximate surface area is 195 Å². The van der Waals surface area contributed by atoms with Crippen LogP contribution < -0.4 is 4.90 Å². The largest absolute Gasteiger partial charge is 0.481 e. The summed E-state index contributed by atoms with van der Waals surface area (Å²) in [5.41, 5.74) is 3.63. The van der Waals surface area contributed by atoms with Gasteiger partial charge in [0.2, 0.25) is 5.91 Å². The summed E-state index contributed by atoms with van der Waals surface area (Å²) in [7, 11) is 0. The molecule has 0 aromatic heterocycles. The van der Waals surface area contributed by atoms with Gasteiger partial charge in [-0.05, 0) is 49.9 Å². The predicted molar refractivity (Wildman–Crippen MR) is 127 cm³/mol. The highest BCUT2D eigenvalue weighted by atomic mass is 16.4. The van der Waals surface area contributed by atoms with Crippen LogP contribution in [0, 0.1) is 12.8 Å². The topological polar surface area (TPSA) is 77.9 Å². The predicted octanol–water partition coefficient (Wildman–Crippen LogP) is 4.97. The minimum Gasteiger partial charge on any atom is -0.481 e. The SMILES string of the molecule is CCCN(C(=O)CCC(=O)O)C1c2ccccc2N(C(=O)c2ccc(C)cc2)C2CCCC12. The lowest BCUT2D eigenvalue weighted by molar-refractivity contribution is -0.142. The van der Waals surface area contributed by atoms with Crippen LogP contribution in [0.5, 0.6) is 0 Å². The second-order valence-corrected chi connectivity index (χ2v) is 9.19. The summed E-state index contributed by atoms with van der Waals surface area (Å²) >= 11 is 0. The smallest absolute Gasteiger partial charge is 0.303 e. The van der Waals surface area contributed by atoms with Gasteiger partial charge in [-0.25, -0.2) is 0 Å². The van der Waals surface area contributed by atoms with Crippen LogP contribution in [0.25, 0.3) is 0 Å². The molecule has 33 heavy (non-hydrogen) atoms. The number of para-hydroxylation sites is 1. The van der Waals surface area contributed by atoms with Crippen molar-refractivity contribution < 1.29 is 19.5 Å². The molecule has 2 aromatic rings. The normalized spacial score (nSPS) is 21.3. The van der Waals surface area contributed by atoms with Gasteiger partial charge in [0.05, 0.1) is 12.5 Å². The van der Waals surface area contributed by atoms with Crippen molar-refractivity contribution in [2.24, 2.45) is 5.92 Å². The van der Waals surface area contributed by atoms with Crippen LogP contribution in [0.15, 0.2) is 48.5 Å². The molecule has 1 aliphatic heterocycles. The molecule has 4 rings (SSSR count). The Hall–Kier alpha value is -3.15. The summed E-state index contributed by atoms with van der Waals surface area (Å²) in [4.78, 5) is 41.8. The molecule has 1 aliphatic carbocycles. The van der Waals surface area contributed by atoms with E-state index in [9.17, 15) is 14.4 Å². The first-order valence-electron chi connectivity index (χ1n) is 11.9. The maximum absolute atomic E-state index is 13.7. The maximum Gasteiger partial charge on any atom is 0.303 e. The van der Waals surface area contributed by atoms with Crippen LogP contribution in [0.3, 0.4) is 0 Å². The molecule has 0 bridgehead atoms. The fraction of sp³-hybridized carbons (Fsp3) is 0.444. The van der Waals surface area contributed by atoms with Crippen molar-refractivity contribution >= 4 is 23.5 Å². The van der Waals surface area contributed by atoms with Crippen LogP contribution in [0.2, 0.25) is 0 Å². The molecule has 0 radical (unpaired) electrons. The third-order valence-electron chi connectivity index (χ3n) is 6.97. The summed E-state index contributed by atoms with van der Waals surface area (Å²) in [6, 6.07) is 15.5. The number of amides is 2. The molecule has 6 nitrogen and oxygen atoms in total. The lowest BCUT2D eigenvalue weighted by Crippen LogP contribution is -2.52. The van der Waals surface area contributed by atoms with Gasteiger partial charge < -0.3 is 14.9 Å². The van der Waals surface area contributed by atoms with Crippen LogP contribution in [0.1, 0.15) is 73.0 Å². The van der Waals surface area contributed by atoms with E-state index in [-0.39, 0.29) is 42.7 Å². The second kappa shape index (κ2) is 9.77. The number of benzene rings is 2. The number of carbonyl (C=O) groups is 3. The molecule has 1 heterocycles. The number of nitrogens with zero attached hydrogens (tertiary/aromatic N) is 2. The molecule has 3 atom stereocenters. The first-order chi connectivity index (χ1) is 15.9. The minimum absolute atomic E-state index is 0.00258. The van der Waals surface area contributed by atoms with Crippen molar-refractivity contribution in [3.63, 3.8) is 0 Å². The van der Waals surface area contributed by atoms with Gasteiger partial charge in [0.25, 0.3) is 5.91 Å². The number of hydrogen-bond acceptors (Lipinski definition) is 3. The molecule has 2 aliphatic rings. The Balaban J connectivity index is 1.76. The van der Waals surface area contributed by atoms with Gasteiger partial charge >= 0.3 is 5.97 Å². The zero-order valence-corrected chi connectivity index (χ0v) is 19.4. The van der Waals surface area contributed by atoms with Crippen molar-refractivity contribution in [1.29, 1.82) is 0 Å². The molecule has 3 unspecified atom stereocenters. The van der Waals surface area contributed by atoms with Crippen LogP contribution >= 0.6 is 0 Å². The van der Waals surface area contributed by atoms with Crippen molar-refractivity contribution in [2.75, 3.05) is 11.4 Å². The van der Waals surface area contributed by atoms with Crippen LogP contribution in [-0.2, 0) is 9.59 Å². The number of rotatable bonds is 7. The zero-order valence-electron chi connectivity index (χ0n) is 19.4. The average Bonchev–Trinajstić information content (AvgIpc) is 3.29. The number of hydrogen-bond donors (Lipinski definition) is 1. The highest BCUT2D eigenvalue weighted by Crippen LogP contribution is 2.50. The van der Waals surface area contributed by atoms with Gasteiger partial charge in [-0.1, -0.05) is 49.2 Å². The number of anilines is 1. The third-order valence-corrected chi connectivity index (χ3v) is 6.97. The van der Waals surface area contributed by atoms with Crippen LogP contribution in [-0.4, -0.2) is 40.4 Å². The summed E-state index contributed by atoms with van der Waals surface area (Å²) in [6.45, 7) is 4.61. The van der Waals surface area contributed by atoms with E-state index in [4.69, 9.17) is 5.11 Å². The molecule has 2 amide bonds. The quantitative estimate of drug-likeness (QED) is 0.649. The van der Waals surface area contributed by atoms with Gasteiger partial charge in [0, 0.05) is 36.2 Å². The van der Waals surface area contributed by atoms with Gasteiger partial charge in [0.15, 0.2) is 0 Å². The molecule has 2 aromatic carbocycles. The molecule has 0 spiro atoms.